The molecular weight excluding hydrogens is 461 g/mol. The summed E-state index contributed by atoms with van der Waals surface area (Å²) in [6, 6.07) is 12.7. The van der Waals surface area contributed by atoms with E-state index in [-0.39, 0.29) is 17.8 Å². The SMILES string of the molecule is CN(C)c1nc(NC2CCC(NC(=O)Nc3cccc(OC(F)(F)F)c3)CC2)nc2ccccc12. The van der Waals surface area contributed by atoms with Crippen molar-refractivity contribution >= 4 is 34.4 Å². The maximum absolute atomic E-state index is 12.4. The number of rotatable bonds is 6. The van der Waals surface area contributed by atoms with Gasteiger partial charge in [0.25, 0.3) is 0 Å². The summed E-state index contributed by atoms with van der Waals surface area (Å²) in [5.74, 6) is 1.02. The third-order valence-corrected chi connectivity index (χ3v) is 5.73. The number of alkyl halides is 3. The number of aromatic nitrogens is 2. The lowest BCUT2D eigenvalue weighted by Gasteiger charge is -2.30. The molecule has 1 saturated carbocycles. The fourth-order valence-electron chi connectivity index (χ4n) is 4.15. The van der Waals surface area contributed by atoms with Crippen LogP contribution >= 0.6 is 0 Å². The van der Waals surface area contributed by atoms with Crippen LogP contribution < -0.4 is 25.6 Å². The number of carbonyl (C=O) groups is 1. The first-order valence-corrected chi connectivity index (χ1v) is 11.3. The minimum atomic E-state index is -4.79. The predicted molar refractivity (Wildman–Crippen MR) is 129 cm³/mol. The van der Waals surface area contributed by atoms with Crippen molar-refractivity contribution in [1.82, 2.24) is 15.3 Å². The number of halogens is 3. The molecule has 0 radical (unpaired) electrons. The van der Waals surface area contributed by atoms with Gasteiger partial charge in [-0.05, 0) is 49.9 Å². The van der Waals surface area contributed by atoms with Crippen molar-refractivity contribution in [3.8, 4) is 5.75 Å². The van der Waals surface area contributed by atoms with E-state index in [0.29, 0.717) is 5.95 Å². The minimum Gasteiger partial charge on any atom is -0.406 e. The van der Waals surface area contributed by atoms with Crippen LogP contribution in [0.3, 0.4) is 0 Å². The van der Waals surface area contributed by atoms with E-state index in [2.05, 4.69) is 30.7 Å². The molecule has 2 aromatic carbocycles. The Kier molecular flexibility index (Phi) is 7.13. The van der Waals surface area contributed by atoms with Gasteiger partial charge in [-0.25, -0.2) is 9.78 Å². The van der Waals surface area contributed by atoms with Gasteiger partial charge in [0, 0.05) is 43.3 Å². The highest BCUT2D eigenvalue weighted by molar-refractivity contribution is 5.90. The van der Waals surface area contributed by atoms with Gasteiger partial charge in [-0.1, -0.05) is 18.2 Å². The molecule has 1 aliphatic carbocycles. The standard InChI is InChI=1S/C24H27F3N6O2/c1-33(2)21-19-8-3-4-9-20(19)31-22(32-21)28-15-10-12-16(13-11-15)29-23(34)30-17-6-5-7-18(14-17)35-24(25,26)27/h3-9,14-16H,10-13H2,1-2H3,(H,28,31,32)(H2,29,30,34). The van der Waals surface area contributed by atoms with Gasteiger partial charge in [0.05, 0.1) is 5.52 Å². The van der Waals surface area contributed by atoms with Crippen LogP contribution in [0.1, 0.15) is 25.7 Å². The van der Waals surface area contributed by atoms with Gasteiger partial charge in [0.2, 0.25) is 5.95 Å². The molecule has 35 heavy (non-hydrogen) atoms. The molecular formula is C24H27F3N6O2. The molecule has 3 N–H and O–H groups in total. The van der Waals surface area contributed by atoms with Crippen LogP contribution in [0.2, 0.25) is 0 Å². The highest BCUT2D eigenvalue weighted by Crippen LogP contribution is 2.27. The van der Waals surface area contributed by atoms with E-state index < -0.39 is 18.1 Å². The smallest absolute Gasteiger partial charge is 0.406 e. The largest absolute Gasteiger partial charge is 0.573 e. The maximum Gasteiger partial charge on any atom is 0.573 e. The molecule has 1 heterocycles. The molecule has 8 nitrogen and oxygen atoms in total. The second-order valence-electron chi connectivity index (χ2n) is 8.65. The van der Waals surface area contributed by atoms with Crippen LogP contribution in [0.25, 0.3) is 10.9 Å². The van der Waals surface area contributed by atoms with Gasteiger partial charge in [0.15, 0.2) is 0 Å². The molecule has 3 aromatic rings. The molecule has 0 bridgehead atoms. The van der Waals surface area contributed by atoms with Gasteiger partial charge in [-0.2, -0.15) is 4.98 Å². The van der Waals surface area contributed by atoms with Gasteiger partial charge in [-0.3, -0.25) is 0 Å². The third kappa shape index (κ3) is 6.65. The van der Waals surface area contributed by atoms with Gasteiger partial charge >= 0.3 is 12.4 Å². The average Bonchev–Trinajstić information content (AvgIpc) is 2.79. The first-order chi connectivity index (χ1) is 16.7. The zero-order valence-electron chi connectivity index (χ0n) is 19.4. The number of hydrogen-bond donors (Lipinski definition) is 3. The molecule has 1 aromatic heterocycles. The van der Waals surface area contributed by atoms with Crippen LogP contribution in [-0.4, -0.2) is 48.5 Å². The van der Waals surface area contributed by atoms with Crippen LogP contribution in [0.5, 0.6) is 5.75 Å². The molecule has 0 saturated heterocycles. The van der Waals surface area contributed by atoms with Crippen molar-refractivity contribution in [3.63, 3.8) is 0 Å². The molecule has 4 rings (SSSR count). The topological polar surface area (TPSA) is 91.4 Å². The average molecular weight is 489 g/mol. The molecule has 0 unspecified atom stereocenters. The molecule has 1 aliphatic rings. The minimum absolute atomic E-state index is 0.0440. The predicted octanol–water partition coefficient (Wildman–Crippen LogP) is 5.14. The molecule has 0 spiro atoms. The first-order valence-electron chi connectivity index (χ1n) is 11.3. The number of para-hydroxylation sites is 1. The number of amides is 2. The van der Waals surface area contributed by atoms with E-state index in [1.165, 1.54) is 18.2 Å². The molecule has 11 heteroatoms. The Hall–Kier alpha value is -3.76. The Bertz CT molecular complexity index is 1180. The number of hydrogen-bond acceptors (Lipinski definition) is 6. The van der Waals surface area contributed by atoms with Crippen LogP contribution in [0.15, 0.2) is 48.5 Å². The summed E-state index contributed by atoms with van der Waals surface area (Å²) in [7, 11) is 3.89. The number of fused-ring (bicyclic) bond motifs is 1. The summed E-state index contributed by atoms with van der Waals surface area (Å²) >= 11 is 0. The maximum atomic E-state index is 12.4. The summed E-state index contributed by atoms with van der Waals surface area (Å²) in [5, 5.41) is 9.86. The zero-order chi connectivity index (χ0) is 25.0. The lowest BCUT2D eigenvalue weighted by molar-refractivity contribution is -0.274. The number of anilines is 3. The van der Waals surface area contributed by atoms with Gasteiger partial charge in [0.1, 0.15) is 11.6 Å². The van der Waals surface area contributed by atoms with Crippen molar-refractivity contribution in [1.29, 1.82) is 0 Å². The number of ether oxygens (including phenoxy) is 1. The summed E-state index contributed by atoms with van der Waals surface area (Å²) in [5.41, 5.74) is 1.08. The third-order valence-electron chi connectivity index (χ3n) is 5.73. The zero-order valence-corrected chi connectivity index (χ0v) is 19.4. The monoisotopic (exact) mass is 488 g/mol. The second kappa shape index (κ2) is 10.2. The van der Waals surface area contributed by atoms with E-state index in [1.807, 2.05) is 43.3 Å². The fraction of sp³-hybridized carbons (Fsp3) is 0.375. The van der Waals surface area contributed by atoms with E-state index in [4.69, 9.17) is 0 Å². The first kappa shape index (κ1) is 24.4. The summed E-state index contributed by atoms with van der Waals surface area (Å²) in [6.45, 7) is 0. The number of benzene rings is 2. The number of nitrogens with zero attached hydrogens (tertiary/aromatic N) is 3. The molecule has 186 valence electrons. The Morgan fingerprint density at radius 2 is 1.71 bits per heavy atom. The normalized spacial score (nSPS) is 18.1. The fourth-order valence-corrected chi connectivity index (χ4v) is 4.15. The van der Waals surface area contributed by atoms with Crippen molar-refractivity contribution in [2.75, 3.05) is 29.6 Å². The van der Waals surface area contributed by atoms with E-state index >= 15 is 0 Å². The Morgan fingerprint density at radius 3 is 2.43 bits per heavy atom. The number of nitrogens with one attached hydrogen (secondary N) is 3. The lowest BCUT2D eigenvalue weighted by Crippen LogP contribution is -2.42. The van der Waals surface area contributed by atoms with Crippen LogP contribution in [-0.2, 0) is 0 Å². The van der Waals surface area contributed by atoms with E-state index in [1.54, 1.807) is 0 Å². The van der Waals surface area contributed by atoms with Crippen molar-refractivity contribution in [2.24, 2.45) is 0 Å². The quantitative estimate of drug-likeness (QED) is 0.445. The highest BCUT2D eigenvalue weighted by atomic mass is 19.4. The van der Waals surface area contributed by atoms with Crippen molar-refractivity contribution < 1.29 is 22.7 Å². The summed E-state index contributed by atoms with van der Waals surface area (Å²) < 4.78 is 41.1. The highest BCUT2D eigenvalue weighted by Gasteiger charge is 2.31. The Balaban J connectivity index is 1.29. The molecule has 1 fully saturated rings. The Labute approximate surface area is 200 Å². The molecule has 2 amide bonds. The van der Waals surface area contributed by atoms with E-state index in [9.17, 15) is 18.0 Å². The molecule has 0 aliphatic heterocycles. The second-order valence-corrected chi connectivity index (χ2v) is 8.65. The van der Waals surface area contributed by atoms with Crippen molar-refractivity contribution in [3.05, 3.63) is 48.5 Å². The van der Waals surface area contributed by atoms with E-state index in [0.717, 1.165) is 48.5 Å². The van der Waals surface area contributed by atoms with Crippen LogP contribution in [0, 0.1) is 0 Å². The van der Waals surface area contributed by atoms with Gasteiger partial charge < -0.3 is 25.6 Å². The van der Waals surface area contributed by atoms with Gasteiger partial charge in [-0.15, -0.1) is 13.2 Å². The van der Waals surface area contributed by atoms with Crippen molar-refractivity contribution in [2.45, 2.75) is 44.1 Å². The number of carbonyl (C=O) groups excluding carboxylic acids is 1. The Morgan fingerprint density at radius 1 is 1.00 bits per heavy atom. The van der Waals surface area contributed by atoms with Crippen LogP contribution in [0.4, 0.5) is 35.4 Å². The lowest BCUT2D eigenvalue weighted by atomic mass is 9.91. The summed E-state index contributed by atoms with van der Waals surface area (Å²) in [4.78, 5) is 23.6. The number of urea groups is 1. The summed E-state index contributed by atoms with van der Waals surface area (Å²) in [6.07, 6.45) is -1.67. The molecule has 0 atom stereocenters.